The first kappa shape index (κ1) is 9.34. The summed E-state index contributed by atoms with van der Waals surface area (Å²) < 4.78 is 13.3. The molecule has 0 aliphatic rings. The lowest BCUT2D eigenvalue weighted by atomic mass is 10.1. The largest absolute Gasteiger partial charge is 0.250 e. The molecular weight excluding hydrogens is 197 g/mol. The number of halogens is 1. The number of hydrogen-bond donors (Lipinski definition) is 0. The second-order valence-corrected chi connectivity index (χ2v) is 3.85. The van der Waals surface area contributed by atoms with Crippen molar-refractivity contribution in [3.05, 3.63) is 58.1 Å². The highest BCUT2D eigenvalue weighted by Gasteiger charge is 2.06. The van der Waals surface area contributed by atoms with Crippen molar-refractivity contribution >= 4 is 11.3 Å². The van der Waals surface area contributed by atoms with E-state index in [9.17, 15) is 4.39 Å². The van der Waals surface area contributed by atoms with Crippen molar-refractivity contribution in [3.63, 3.8) is 0 Å². The Kier molecular flexibility index (Phi) is 2.59. The zero-order valence-electron chi connectivity index (χ0n) is 7.70. The average Bonchev–Trinajstić information content (AvgIpc) is 2.56. The molecule has 2 aromatic rings. The van der Waals surface area contributed by atoms with Gasteiger partial charge in [-0.05, 0) is 18.6 Å². The average molecular weight is 206 g/mol. The molecule has 14 heavy (non-hydrogen) atoms. The Labute approximate surface area is 86.2 Å². The van der Waals surface area contributed by atoms with Gasteiger partial charge in [0, 0.05) is 11.3 Å². The van der Waals surface area contributed by atoms with Crippen LogP contribution in [0.15, 0.2) is 29.8 Å². The summed E-state index contributed by atoms with van der Waals surface area (Å²) in [5.74, 6) is -0.194. The second kappa shape index (κ2) is 3.88. The molecule has 0 saturated carbocycles. The van der Waals surface area contributed by atoms with Crippen LogP contribution >= 0.6 is 11.3 Å². The van der Waals surface area contributed by atoms with Crippen LogP contribution in [0, 0.1) is 19.2 Å². The third-order valence-electron chi connectivity index (χ3n) is 1.97. The second-order valence-electron chi connectivity index (χ2n) is 2.97. The number of hydrogen-bond acceptors (Lipinski definition) is 2. The van der Waals surface area contributed by atoms with Gasteiger partial charge in [-0.25, -0.2) is 9.37 Å². The van der Waals surface area contributed by atoms with E-state index in [2.05, 4.69) is 4.98 Å². The van der Waals surface area contributed by atoms with Crippen LogP contribution in [0.25, 0.3) is 0 Å². The molecule has 0 fully saturated rings. The van der Waals surface area contributed by atoms with Crippen molar-refractivity contribution in [1.82, 2.24) is 4.98 Å². The van der Waals surface area contributed by atoms with E-state index in [0.717, 1.165) is 10.6 Å². The summed E-state index contributed by atoms with van der Waals surface area (Å²) in [6.07, 6.45) is 1.82. The Morgan fingerprint density at radius 1 is 1.36 bits per heavy atom. The van der Waals surface area contributed by atoms with E-state index < -0.39 is 0 Å². The van der Waals surface area contributed by atoms with Crippen LogP contribution in [0.4, 0.5) is 4.39 Å². The molecule has 2 rings (SSSR count). The van der Waals surface area contributed by atoms with Crippen LogP contribution in [0.2, 0.25) is 0 Å². The van der Waals surface area contributed by atoms with Crippen LogP contribution < -0.4 is 0 Å². The topological polar surface area (TPSA) is 12.9 Å². The molecular formula is C11H9FNS. The molecule has 71 valence electrons. The molecule has 0 aliphatic carbocycles. The maximum atomic E-state index is 13.3. The molecule has 0 unspecified atom stereocenters. The van der Waals surface area contributed by atoms with Crippen molar-refractivity contribution in [2.45, 2.75) is 6.92 Å². The zero-order chi connectivity index (χ0) is 9.97. The van der Waals surface area contributed by atoms with Crippen LogP contribution in [0.3, 0.4) is 0 Å². The SMILES string of the molecule is Cc1ncsc1[CH]c1ccccc1F. The third kappa shape index (κ3) is 1.82. The molecule has 0 amide bonds. The summed E-state index contributed by atoms with van der Waals surface area (Å²) in [5.41, 5.74) is 3.32. The van der Waals surface area contributed by atoms with Crippen molar-refractivity contribution in [2.24, 2.45) is 0 Å². The predicted octanol–water partition coefficient (Wildman–Crippen LogP) is 3.19. The number of aromatic nitrogens is 1. The Hall–Kier alpha value is -1.22. The Morgan fingerprint density at radius 2 is 2.14 bits per heavy atom. The summed E-state index contributed by atoms with van der Waals surface area (Å²) in [6, 6.07) is 6.73. The molecule has 3 heteroatoms. The summed E-state index contributed by atoms with van der Waals surface area (Å²) in [7, 11) is 0. The maximum Gasteiger partial charge on any atom is 0.127 e. The number of benzene rings is 1. The van der Waals surface area contributed by atoms with E-state index in [4.69, 9.17) is 0 Å². The van der Waals surface area contributed by atoms with Crippen molar-refractivity contribution in [1.29, 1.82) is 0 Å². The minimum Gasteiger partial charge on any atom is -0.250 e. The highest BCUT2D eigenvalue weighted by atomic mass is 32.1. The molecule has 0 bridgehead atoms. The van der Waals surface area contributed by atoms with E-state index in [-0.39, 0.29) is 5.82 Å². The van der Waals surface area contributed by atoms with Gasteiger partial charge < -0.3 is 0 Å². The Bertz CT molecular complexity index is 436. The molecule has 0 atom stereocenters. The van der Waals surface area contributed by atoms with Crippen LogP contribution in [-0.4, -0.2) is 4.98 Å². The molecule has 1 heterocycles. The normalized spacial score (nSPS) is 10.4. The minimum atomic E-state index is -0.194. The summed E-state index contributed by atoms with van der Waals surface area (Å²) in [5, 5.41) is 0. The monoisotopic (exact) mass is 206 g/mol. The molecule has 0 spiro atoms. The lowest BCUT2D eigenvalue weighted by Crippen LogP contribution is -1.88. The molecule has 0 N–H and O–H groups in total. The van der Waals surface area contributed by atoms with Gasteiger partial charge in [0.15, 0.2) is 0 Å². The van der Waals surface area contributed by atoms with Crippen molar-refractivity contribution in [3.8, 4) is 0 Å². The first-order chi connectivity index (χ1) is 6.77. The van der Waals surface area contributed by atoms with E-state index >= 15 is 0 Å². The van der Waals surface area contributed by atoms with E-state index in [1.54, 1.807) is 17.6 Å². The maximum absolute atomic E-state index is 13.3. The highest BCUT2D eigenvalue weighted by Crippen LogP contribution is 2.20. The predicted molar refractivity (Wildman–Crippen MR) is 55.8 cm³/mol. The van der Waals surface area contributed by atoms with Gasteiger partial charge in [0.25, 0.3) is 0 Å². The van der Waals surface area contributed by atoms with Gasteiger partial charge in [-0.3, -0.25) is 0 Å². The molecule has 0 aliphatic heterocycles. The Balaban J connectivity index is 2.28. The van der Waals surface area contributed by atoms with Gasteiger partial charge >= 0.3 is 0 Å². The fourth-order valence-corrected chi connectivity index (χ4v) is 1.93. The summed E-state index contributed by atoms with van der Waals surface area (Å²) >= 11 is 1.52. The molecule has 1 radical (unpaired) electrons. The fraction of sp³-hybridized carbons (Fsp3) is 0.0909. The van der Waals surface area contributed by atoms with Crippen molar-refractivity contribution in [2.75, 3.05) is 0 Å². The quantitative estimate of drug-likeness (QED) is 0.735. The fourth-order valence-electron chi connectivity index (χ4n) is 1.18. The van der Waals surface area contributed by atoms with E-state index in [1.807, 2.05) is 19.4 Å². The number of rotatable bonds is 2. The molecule has 1 nitrogen and oxygen atoms in total. The number of thiazole rings is 1. The van der Waals surface area contributed by atoms with Crippen molar-refractivity contribution < 1.29 is 4.39 Å². The van der Waals surface area contributed by atoms with Crippen LogP contribution in [0.1, 0.15) is 16.1 Å². The summed E-state index contributed by atoms with van der Waals surface area (Å²) in [6.45, 7) is 1.92. The van der Waals surface area contributed by atoms with Gasteiger partial charge in [0.1, 0.15) is 5.82 Å². The molecule has 0 saturated heterocycles. The van der Waals surface area contributed by atoms with Gasteiger partial charge in [-0.2, -0.15) is 0 Å². The van der Waals surface area contributed by atoms with Gasteiger partial charge in [-0.1, -0.05) is 18.2 Å². The first-order valence-electron chi connectivity index (χ1n) is 4.27. The zero-order valence-corrected chi connectivity index (χ0v) is 8.51. The van der Waals surface area contributed by atoms with E-state index in [1.165, 1.54) is 17.4 Å². The van der Waals surface area contributed by atoms with Gasteiger partial charge in [0.2, 0.25) is 0 Å². The lowest BCUT2D eigenvalue weighted by molar-refractivity contribution is 0.621. The number of aryl methyl sites for hydroxylation is 1. The summed E-state index contributed by atoms with van der Waals surface area (Å²) in [4.78, 5) is 5.12. The molecule has 1 aromatic carbocycles. The van der Waals surface area contributed by atoms with E-state index in [0.29, 0.717) is 5.56 Å². The smallest absolute Gasteiger partial charge is 0.127 e. The first-order valence-corrected chi connectivity index (χ1v) is 5.14. The lowest BCUT2D eigenvalue weighted by Gasteiger charge is -2.00. The highest BCUT2D eigenvalue weighted by molar-refractivity contribution is 7.10. The van der Waals surface area contributed by atoms with Gasteiger partial charge in [-0.15, -0.1) is 11.3 Å². The standard InChI is InChI=1S/C11H9FNS/c1-8-11(14-7-13-8)6-9-4-2-3-5-10(9)12/h2-7H,1H3. The van der Waals surface area contributed by atoms with Crippen LogP contribution in [0.5, 0.6) is 0 Å². The Morgan fingerprint density at radius 3 is 2.79 bits per heavy atom. The van der Waals surface area contributed by atoms with Crippen LogP contribution in [-0.2, 0) is 0 Å². The molecule has 1 aromatic heterocycles. The van der Waals surface area contributed by atoms with Gasteiger partial charge in [0.05, 0.1) is 11.2 Å². The number of nitrogens with zero attached hydrogens (tertiary/aromatic N) is 1. The third-order valence-corrected chi connectivity index (χ3v) is 2.85. The minimum absolute atomic E-state index is 0.194.